The summed E-state index contributed by atoms with van der Waals surface area (Å²) in [5, 5.41) is 38.3. The Kier molecular flexibility index (Phi) is 7.55. The molecule has 0 aliphatic heterocycles. The summed E-state index contributed by atoms with van der Waals surface area (Å²) in [7, 11) is 1.42. The second kappa shape index (κ2) is 9.88. The van der Waals surface area contributed by atoms with Crippen molar-refractivity contribution >= 4 is 5.78 Å². The summed E-state index contributed by atoms with van der Waals surface area (Å²) in [6.07, 6.45) is 4.53. The number of hydrogen-bond acceptors (Lipinski definition) is 6. The molecule has 2 rings (SSSR count). The van der Waals surface area contributed by atoms with Crippen molar-refractivity contribution in [3.63, 3.8) is 0 Å². The van der Waals surface area contributed by atoms with E-state index in [0.717, 1.165) is 36.8 Å². The third kappa shape index (κ3) is 5.81. The molecule has 0 saturated carbocycles. The first-order chi connectivity index (χ1) is 13.3. The fourth-order valence-electron chi connectivity index (χ4n) is 3.28. The zero-order valence-corrected chi connectivity index (χ0v) is 16.3. The number of phenols is 4. The molecule has 0 amide bonds. The van der Waals surface area contributed by atoms with Gasteiger partial charge in [-0.2, -0.15) is 0 Å². The predicted octanol–water partition coefficient (Wildman–Crippen LogP) is 4.07. The second-order valence-corrected chi connectivity index (χ2v) is 7.08. The molecule has 0 aromatic heterocycles. The average Bonchev–Trinajstić information content (AvgIpc) is 2.66. The van der Waals surface area contributed by atoms with Gasteiger partial charge >= 0.3 is 0 Å². The Morgan fingerprint density at radius 2 is 1.61 bits per heavy atom. The zero-order chi connectivity index (χ0) is 20.7. The van der Waals surface area contributed by atoms with E-state index in [0.29, 0.717) is 12.8 Å². The van der Waals surface area contributed by atoms with Gasteiger partial charge in [-0.05, 0) is 74.4 Å². The minimum atomic E-state index is -0.283. The Balaban J connectivity index is 1.85. The predicted molar refractivity (Wildman–Crippen MR) is 106 cm³/mol. The maximum atomic E-state index is 12.0. The van der Waals surface area contributed by atoms with Crippen LogP contribution in [0.2, 0.25) is 0 Å². The second-order valence-electron chi connectivity index (χ2n) is 7.08. The number of rotatable bonds is 10. The van der Waals surface area contributed by atoms with Gasteiger partial charge in [-0.15, -0.1) is 0 Å². The van der Waals surface area contributed by atoms with Crippen LogP contribution >= 0.6 is 0 Å². The summed E-state index contributed by atoms with van der Waals surface area (Å²) < 4.78 is 5.05. The van der Waals surface area contributed by atoms with Crippen LogP contribution in [0.25, 0.3) is 0 Å². The van der Waals surface area contributed by atoms with E-state index in [2.05, 4.69) is 0 Å². The lowest BCUT2D eigenvalue weighted by molar-refractivity contribution is -0.121. The van der Waals surface area contributed by atoms with Gasteiger partial charge in [-0.3, -0.25) is 4.79 Å². The summed E-state index contributed by atoms with van der Waals surface area (Å²) in [6.45, 7) is 1.59. The number of hydrogen-bond donors (Lipinski definition) is 4. The molecule has 2 aromatic rings. The van der Waals surface area contributed by atoms with E-state index in [4.69, 9.17) is 4.74 Å². The van der Waals surface area contributed by atoms with Gasteiger partial charge < -0.3 is 25.2 Å². The number of carbonyl (C=O) groups is 1. The number of carbonyl (C=O) groups excluding carboxylic acids is 1. The molecule has 2 aromatic carbocycles. The van der Waals surface area contributed by atoms with Gasteiger partial charge in [0.2, 0.25) is 5.75 Å². The van der Waals surface area contributed by atoms with Gasteiger partial charge in [0.1, 0.15) is 5.78 Å². The molecular weight excluding hydrogens is 360 g/mol. The van der Waals surface area contributed by atoms with Crippen LogP contribution in [-0.2, 0) is 17.6 Å². The maximum absolute atomic E-state index is 12.0. The van der Waals surface area contributed by atoms with Crippen LogP contribution in [0.5, 0.6) is 28.7 Å². The third-order valence-electron chi connectivity index (χ3n) is 5.00. The van der Waals surface area contributed by atoms with Crippen LogP contribution in [0.4, 0.5) is 0 Å². The minimum absolute atomic E-state index is 0.0739. The minimum Gasteiger partial charge on any atom is -0.504 e. The number of phenolic OH excluding ortho intramolecular Hbond substituents is 4. The SMILES string of the molecule is COc1cc(CCC(CCCCc2ccc(O)c(O)c2)C(C)=O)cc(O)c1O. The van der Waals surface area contributed by atoms with Gasteiger partial charge in [-0.1, -0.05) is 12.5 Å². The fourth-order valence-corrected chi connectivity index (χ4v) is 3.28. The molecule has 0 aliphatic carbocycles. The number of aryl methyl sites for hydroxylation is 2. The molecule has 28 heavy (non-hydrogen) atoms. The largest absolute Gasteiger partial charge is 0.504 e. The van der Waals surface area contributed by atoms with Crippen LogP contribution < -0.4 is 4.74 Å². The Morgan fingerprint density at radius 1 is 0.893 bits per heavy atom. The highest BCUT2D eigenvalue weighted by Gasteiger charge is 2.16. The first-order valence-corrected chi connectivity index (χ1v) is 9.42. The number of ketones is 1. The molecule has 0 saturated heterocycles. The number of methoxy groups -OCH3 is 1. The molecule has 6 nitrogen and oxygen atoms in total. The van der Waals surface area contributed by atoms with E-state index in [1.807, 2.05) is 0 Å². The van der Waals surface area contributed by atoms with Gasteiger partial charge in [0.25, 0.3) is 0 Å². The molecule has 0 aliphatic rings. The van der Waals surface area contributed by atoms with E-state index < -0.39 is 0 Å². The number of benzene rings is 2. The van der Waals surface area contributed by atoms with Crippen LogP contribution in [0.1, 0.15) is 43.7 Å². The molecule has 4 N–H and O–H groups in total. The van der Waals surface area contributed by atoms with E-state index in [1.165, 1.54) is 19.2 Å². The van der Waals surface area contributed by atoms with Crippen LogP contribution in [0.15, 0.2) is 30.3 Å². The molecular formula is C22H28O6. The lowest BCUT2D eigenvalue weighted by Gasteiger charge is -2.15. The van der Waals surface area contributed by atoms with Crippen molar-refractivity contribution in [1.82, 2.24) is 0 Å². The highest BCUT2D eigenvalue weighted by Crippen LogP contribution is 2.37. The third-order valence-corrected chi connectivity index (χ3v) is 5.00. The lowest BCUT2D eigenvalue weighted by atomic mass is 9.90. The van der Waals surface area contributed by atoms with Gasteiger partial charge in [-0.25, -0.2) is 0 Å². The number of aromatic hydroxyl groups is 4. The first-order valence-electron chi connectivity index (χ1n) is 9.42. The van der Waals surface area contributed by atoms with Crippen LogP contribution in [0, 0.1) is 5.92 Å². The molecule has 0 radical (unpaired) electrons. The highest BCUT2D eigenvalue weighted by atomic mass is 16.5. The molecule has 0 fully saturated rings. The van der Waals surface area contributed by atoms with Crippen molar-refractivity contribution in [1.29, 1.82) is 0 Å². The van der Waals surface area contributed by atoms with E-state index in [9.17, 15) is 25.2 Å². The van der Waals surface area contributed by atoms with Crippen molar-refractivity contribution < 1.29 is 30.0 Å². The number of unbranched alkanes of at least 4 members (excludes halogenated alkanes) is 1. The first kappa shape index (κ1) is 21.4. The van der Waals surface area contributed by atoms with Gasteiger partial charge in [0.05, 0.1) is 7.11 Å². The van der Waals surface area contributed by atoms with Crippen molar-refractivity contribution in [2.45, 2.75) is 45.4 Å². The molecule has 6 heteroatoms. The fraction of sp³-hybridized carbons (Fsp3) is 0.409. The van der Waals surface area contributed by atoms with E-state index >= 15 is 0 Å². The summed E-state index contributed by atoms with van der Waals surface area (Å²) in [5.74, 6) is -0.483. The molecule has 0 bridgehead atoms. The van der Waals surface area contributed by atoms with E-state index in [1.54, 1.807) is 25.1 Å². The molecule has 1 unspecified atom stereocenters. The highest BCUT2D eigenvalue weighted by molar-refractivity contribution is 5.78. The topological polar surface area (TPSA) is 107 Å². The monoisotopic (exact) mass is 388 g/mol. The van der Waals surface area contributed by atoms with Crippen LogP contribution in [-0.4, -0.2) is 33.3 Å². The molecule has 0 spiro atoms. The lowest BCUT2D eigenvalue weighted by Crippen LogP contribution is -2.12. The maximum Gasteiger partial charge on any atom is 0.200 e. The Morgan fingerprint density at radius 3 is 2.25 bits per heavy atom. The zero-order valence-electron chi connectivity index (χ0n) is 16.3. The van der Waals surface area contributed by atoms with Crippen molar-refractivity contribution in [2.24, 2.45) is 5.92 Å². The normalized spacial score (nSPS) is 11.9. The summed E-state index contributed by atoms with van der Waals surface area (Å²) in [6, 6.07) is 7.98. The number of Topliss-reactive ketones (excluding diaryl/α,β-unsaturated/α-hetero) is 1. The number of ether oxygens (including phenoxy) is 1. The van der Waals surface area contributed by atoms with Crippen molar-refractivity contribution in [2.75, 3.05) is 7.11 Å². The summed E-state index contributed by atoms with van der Waals surface area (Å²) >= 11 is 0. The van der Waals surface area contributed by atoms with Crippen LogP contribution in [0.3, 0.4) is 0 Å². The molecule has 152 valence electrons. The Hall–Kier alpha value is -2.89. The van der Waals surface area contributed by atoms with Gasteiger partial charge in [0, 0.05) is 5.92 Å². The Bertz CT molecular complexity index is 815. The standard InChI is InChI=1S/C22H28O6/c1-14(23)17(6-4-3-5-15-8-10-18(24)19(25)11-15)9-7-16-12-20(26)22(27)21(13-16)28-2/h8,10-13,17,24-27H,3-7,9H2,1-2H3. The van der Waals surface area contributed by atoms with Crippen molar-refractivity contribution in [3.05, 3.63) is 41.5 Å². The van der Waals surface area contributed by atoms with Crippen molar-refractivity contribution in [3.8, 4) is 28.7 Å². The smallest absolute Gasteiger partial charge is 0.200 e. The quantitative estimate of drug-likeness (QED) is 0.361. The molecule has 0 heterocycles. The van der Waals surface area contributed by atoms with E-state index in [-0.39, 0.29) is 40.4 Å². The summed E-state index contributed by atoms with van der Waals surface area (Å²) in [5.41, 5.74) is 1.75. The van der Waals surface area contributed by atoms with Gasteiger partial charge in [0.15, 0.2) is 23.0 Å². The molecule has 1 atom stereocenters. The summed E-state index contributed by atoms with van der Waals surface area (Å²) in [4.78, 5) is 12.0. The average molecular weight is 388 g/mol. The Labute approximate surface area is 165 Å².